The van der Waals surface area contributed by atoms with Crippen LogP contribution >= 0.6 is 12.2 Å². The number of nitrogens with one attached hydrogen (secondary N) is 1. The molecule has 1 aromatic heterocycles. The van der Waals surface area contributed by atoms with Crippen molar-refractivity contribution in [2.24, 2.45) is 7.05 Å². The number of aromatic nitrogens is 2. The van der Waals surface area contributed by atoms with Crippen LogP contribution in [0.25, 0.3) is 0 Å². The summed E-state index contributed by atoms with van der Waals surface area (Å²) in [5.41, 5.74) is 1.26. The molecule has 1 aromatic rings. The molecule has 1 N–H and O–H groups in total. The molecule has 72 valence electrons. The lowest BCUT2D eigenvalue weighted by Crippen LogP contribution is -2.14. The number of hydrogen-bond donors (Lipinski definition) is 1. The maximum atomic E-state index is 5.31. The summed E-state index contributed by atoms with van der Waals surface area (Å²) in [7, 11) is 1.95. The largest absolute Gasteiger partial charge is 0.381 e. The molecule has 0 atom stereocenters. The van der Waals surface area contributed by atoms with Crippen LogP contribution in [-0.2, 0) is 11.8 Å². The topological polar surface area (TPSA) is 29.9 Å². The first kappa shape index (κ1) is 8.97. The second-order valence-corrected chi connectivity index (χ2v) is 3.91. The van der Waals surface area contributed by atoms with Gasteiger partial charge in [-0.05, 0) is 18.9 Å². The first-order valence-corrected chi connectivity index (χ1v) is 5.02. The molecule has 1 saturated heterocycles. The third-order valence-corrected chi connectivity index (χ3v) is 2.96. The summed E-state index contributed by atoms with van der Waals surface area (Å²) in [5.74, 6) is 0.608. The smallest absolute Gasteiger partial charge is 0.121 e. The lowest BCUT2D eigenvalue weighted by Gasteiger charge is -2.20. The van der Waals surface area contributed by atoms with Crippen molar-refractivity contribution in [1.82, 2.24) is 9.78 Å². The van der Waals surface area contributed by atoms with Gasteiger partial charge < -0.3 is 9.84 Å². The van der Waals surface area contributed by atoms with Crippen molar-refractivity contribution in [3.63, 3.8) is 0 Å². The molecule has 0 spiro atoms. The normalized spacial score (nSPS) is 19.2. The van der Waals surface area contributed by atoms with Crippen molar-refractivity contribution < 1.29 is 4.74 Å². The highest BCUT2D eigenvalue weighted by molar-refractivity contribution is 7.71. The molecule has 13 heavy (non-hydrogen) atoms. The Morgan fingerprint density at radius 2 is 2.23 bits per heavy atom. The van der Waals surface area contributed by atoms with E-state index in [1.165, 1.54) is 5.69 Å². The van der Waals surface area contributed by atoms with Crippen LogP contribution in [0.4, 0.5) is 0 Å². The van der Waals surface area contributed by atoms with Gasteiger partial charge in [0.1, 0.15) is 4.64 Å². The molecule has 1 aliphatic heterocycles. The molecule has 4 heteroatoms. The number of H-pyrrole nitrogens is 1. The Labute approximate surface area is 82.7 Å². The number of hydrogen-bond acceptors (Lipinski definition) is 2. The zero-order valence-corrected chi connectivity index (χ0v) is 8.56. The fourth-order valence-corrected chi connectivity index (χ4v) is 1.90. The Balaban J connectivity index is 2.19. The Bertz CT molecular complexity index is 336. The van der Waals surface area contributed by atoms with Gasteiger partial charge in [0.15, 0.2) is 0 Å². The van der Waals surface area contributed by atoms with Crippen LogP contribution in [0.5, 0.6) is 0 Å². The van der Waals surface area contributed by atoms with E-state index >= 15 is 0 Å². The van der Waals surface area contributed by atoms with Crippen molar-refractivity contribution >= 4 is 12.2 Å². The molecule has 2 heterocycles. The van der Waals surface area contributed by atoms with Crippen molar-refractivity contribution in [3.8, 4) is 0 Å². The first-order chi connectivity index (χ1) is 6.27. The monoisotopic (exact) mass is 198 g/mol. The van der Waals surface area contributed by atoms with E-state index in [1.807, 2.05) is 11.7 Å². The van der Waals surface area contributed by atoms with Gasteiger partial charge in [0, 0.05) is 31.9 Å². The van der Waals surface area contributed by atoms with Crippen LogP contribution in [0.3, 0.4) is 0 Å². The molecule has 0 unspecified atom stereocenters. The number of nitrogens with zero attached hydrogens (tertiary/aromatic N) is 1. The highest BCUT2D eigenvalue weighted by Crippen LogP contribution is 2.25. The van der Waals surface area contributed by atoms with E-state index in [4.69, 9.17) is 17.0 Å². The van der Waals surface area contributed by atoms with E-state index in [2.05, 4.69) is 11.2 Å². The summed E-state index contributed by atoms with van der Waals surface area (Å²) in [4.78, 5) is 0. The number of ether oxygens (including phenoxy) is 1. The average molecular weight is 198 g/mol. The molecule has 2 rings (SSSR count). The van der Waals surface area contributed by atoms with Crippen molar-refractivity contribution in [3.05, 3.63) is 16.4 Å². The van der Waals surface area contributed by atoms with Gasteiger partial charge in [-0.1, -0.05) is 12.2 Å². The van der Waals surface area contributed by atoms with Crippen molar-refractivity contribution in [2.45, 2.75) is 18.8 Å². The molecule has 3 nitrogen and oxygen atoms in total. The highest BCUT2D eigenvalue weighted by atomic mass is 32.1. The standard InChI is InChI=1S/C9H14N2OS/c1-11-9(13)6-8(10-11)7-2-4-12-5-3-7/h6-7,10H,2-5H2,1H3. The molecule has 0 aliphatic carbocycles. The van der Waals surface area contributed by atoms with E-state index in [1.54, 1.807) is 0 Å². The van der Waals surface area contributed by atoms with E-state index < -0.39 is 0 Å². The number of aryl methyl sites for hydroxylation is 1. The summed E-state index contributed by atoms with van der Waals surface area (Å²) < 4.78 is 8.08. The fraction of sp³-hybridized carbons (Fsp3) is 0.667. The molecule has 0 saturated carbocycles. The Kier molecular flexibility index (Phi) is 2.51. The second kappa shape index (κ2) is 3.64. The third kappa shape index (κ3) is 1.84. The van der Waals surface area contributed by atoms with Gasteiger partial charge in [-0.2, -0.15) is 0 Å². The number of rotatable bonds is 1. The third-order valence-electron chi connectivity index (χ3n) is 2.57. The van der Waals surface area contributed by atoms with Gasteiger partial charge in [0.05, 0.1) is 0 Å². The van der Waals surface area contributed by atoms with E-state index in [0.29, 0.717) is 5.92 Å². The minimum Gasteiger partial charge on any atom is -0.381 e. The molecule has 0 amide bonds. The van der Waals surface area contributed by atoms with Gasteiger partial charge in [0.25, 0.3) is 0 Å². The summed E-state index contributed by atoms with van der Waals surface area (Å²) >= 11 is 5.14. The van der Waals surface area contributed by atoms with Crippen LogP contribution in [0.2, 0.25) is 0 Å². The SMILES string of the molecule is Cn1[nH]c(C2CCOCC2)cc1=S. The predicted molar refractivity (Wildman–Crippen MR) is 53.4 cm³/mol. The van der Waals surface area contributed by atoms with E-state index in [9.17, 15) is 0 Å². The van der Waals surface area contributed by atoms with Crippen molar-refractivity contribution in [2.75, 3.05) is 13.2 Å². The molecule has 1 aliphatic rings. The maximum absolute atomic E-state index is 5.31. The molecular formula is C9H14N2OS. The van der Waals surface area contributed by atoms with E-state index in [-0.39, 0.29) is 0 Å². The summed E-state index contributed by atoms with van der Waals surface area (Å²) in [5, 5.41) is 3.27. The second-order valence-electron chi connectivity index (χ2n) is 3.50. The van der Waals surface area contributed by atoms with Crippen LogP contribution in [0, 0.1) is 4.64 Å². The van der Waals surface area contributed by atoms with Crippen LogP contribution in [-0.4, -0.2) is 23.0 Å². The zero-order chi connectivity index (χ0) is 9.26. The lowest BCUT2D eigenvalue weighted by molar-refractivity contribution is 0.0844. The summed E-state index contributed by atoms with van der Waals surface area (Å²) in [6.45, 7) is 1.75. The van der Waals surface area contributed by atoms with Crippen LogP contribution in [0.1, 0.15) is 24.5 Å². The molecule has 0 bridgehead atoms. The minimum absolute atomic E-state index is 0.608. The summed E-state index contributed by atoms with van der Waals surface area (Å²) in [6, 6.07) is 2.06. The predicted octanol–water partition coefficient (Wildman–Crippen LogP) is 1.98. The fourth-order valence-electron chi connectivity index (χ4n) is 1.73. The maximum Gasteiger partial charge on any atom is 0.121 e. The number of aromatic amines is 1. The lowest BCUT2D eigenvalue weighted by atomic mass is 9.97. The Morgan fingerprint density at radius 1 is 1.54 bits per heavy atom. The van der Waals surface area contributed by atoms with Crippen LogP contribution in [0.15, 0.2) is 6.07 Å². The molecule has 1 fully saturated rings. The van der Waals surface area contributed by atoms with Crippen molar-refractivity contribution in [1.29, 1.82) is 0 Å². The highest BCUT2D eigenvalue weighted by Gasteiger charge is 2.17. The van der Waals surface area contributed by atoms with Crippen LogP contribution < -0.4 is 0 Å². The van der Waals surface area contributed by atoms with Gasteiger partial charge in [0.2, 0.25) is 0 Å². The molecular weight excluding hydrogens is 184 g/mol. The van der Waals surface area contributed by atoms with Gasteiger partial charge in [-0.15, -0.1) is 0 Å². The van der Waals surface area contributed by atoms with Gasteiger partial charge in [-0.25, -0.2) is 0 Å². The molecule has 0 aromatic carbocycles. The Hall–Kier alpha value is -0.610. The van der Waals surface area contributed by atoms with Gasteiger partial charge >= 0.3 is 0 Å². The Morgan fingerprint density at radius 3 is 2.77 bits per heavy atom. The zero-order valence-electron chi connectivity index (χ0n) is 7.75. The minimum atomic E-state index is 0.608. The molecule has 0 radical (unpaired) electrons. The average Bonchev–Trinajstić information content (AvgIpc) is 2.49. The van der Waals surface area contributed by atoms with E-state index in [0.717, 1.165) is 30.7 Å². The van der Waals surface area contributed by atoms with Gasteiger partial charge in [-0.3, -0.25) is 4.68 Å². The first-order valence-electron chi connectivity index (χ1n) is 4.61. The summed E-state index contributed by atoms with van der Waals surface area (Å²) in [6.07, 6.45) is 2.21. The quantitative estimate of drug-likeness (QED) is 0.699.